The Kier molecular flexibility index (Phi) is 4.08. The Morgan fingerprint density at radius 3 is 2.53 bits per heavy atom. The molecule has 0 amide bonds. The number of hydrogen-bond acceptors (Lipinski definition) is 4. The normalized spacial score (nSPS) is 43.1. The molecule has 0 spiro atoms. The minimum atomic E-state index is -0.793. The van der Waals surface area contributed by atoms with Gasteiger partial charge in [-0.05, 0) is 18.8 Å². The summed E-state index contributed by atoms with van der Waals surface area (Å²) in [5, 5.41) is 30.0. The highest BCUT2D eigenvalue weighted by Gasteiger charge is 2.47. The summed E-state index contributed by atoms with van der Waals surface area (Å²) in [6.45, 7) is 6.00. The maximum absolute atomic E-state index is 10.1. The minimum Gasteiger partial charge on any atom is -0.391 e. The van der Waals surface area contributed by atoms with Crippen molar-refractivity contribution in [2.75, 3.05) is 13.1 Å². The van der Waals surface area contributed by atoms with Gasteiger partial charge in [-0.3, -0.25) is 4.90 Å². The fraction of sp³-hybridized carbons (Fsp3) is 1.00. The maximum Gasteiger partial charge on any atom is 0.0982 e. The molecule has 0 aromatic heterocycles. The van der Waals surface area contributed by atoms with Gasteiger partial charge in [-0.15, -0.1) is 0 Å². The first-order chi connectivity index (χ1) is 8.00. The third kappa shape index (κ3) is 2.65. The summed E-state index contributed by atoms with van der Waals surface area (Å²) in [5.41, 5.74) is 0. The Labute approximate surface area is 103 Å². The van der Waals surface area contributed by atoms with Crippen LogP contribution in [0.15, 0.2) is 0 Å². The van der Waals surface area contributed by atoms with Gasteiger partial charge in [0, 0.05) is 19.0 Å². The van der Waals surface area contributed by atoms with E-state index >= 15 is 0 Å². The maximum atomic E-state index is 10.1. The highest BCUT2D eigenvalue weighted by molar-refractivity contribution is 5.01. The summed E-state index contributed by atoms with van der Waals surface area (Å²) < 4.78 is 0. The first-order valence-electron chi connectivity index (χ1n) is 6.79. The van der Waals surface area contributed by atoms with E-state index in [1.165, 1.54) is 0 Å². The van der Waals surface area contributed by atoms with Crippen LogP contribution in [0.4, 0.5) is 0 Å². The lowest BCUT2D eigenvalue weighted by molar-refractivity contribution is -0.116. The van der Waals surface area contributed by atoms with Gasteiger partial charge in [0.05, 0.1) is 24.4 Å². The van der Waals surface area contributed by atoms with Crippen molar-refractivity contribution in [1.82, 2.24) is 4.90 Å². The van der Waals surface area contributed by atoms with Gasteiger partial charge in [0.15, 0.2) is 0 Å². The predicted molar refractivity (Wildman–Crippen MR) is 65.6 cm³/mol. The van der Waals surface area contributed by atoms with E-state index in [9.17, 15) is 15.3 Å². The van der Waals surface area contributed by atoms with Gasteiger partial charge in [0.2, 0.25) is 0 Å². The van der Waals surface area contributed by atoms with E-state index < -0.39 is 18.3 Å². The Balaban J connectivity index is 1.98. The van der Waals surface area contributed by atoms with Gasteiger partial charge in [-0.25, -0.2) is 0 Å². The molecule has 2 aliphatic rings. The fourth-order valence-electron chi connectivity index (χ4n) is 3.22. The number of fused-ring (bicyclic) bond motifs is 1. The third-order valence-corrected chi connectivity index (χ3v) is 4.29. The van der Waals surface area contributed by atoms with Crippen LogP contribution in [0.5, 0.6) is 0 Å². The van der Waals surface area contributed by atoms with Crippen LogP contribution in [0.1, 0.15) is 33.1 Å². The first kappa shape index (κ1) is 13.3. The Bertz CT molecular complexity index is 259. The molecule has 100 valence electrons. The van der Waals surface area contributed by atoms with Crippen molar-refractivity contribution in [2.45, 2.75) is 57.5 Å². The fourth-order valence-corrected chi connectivity index (χ4v) is 3.22. The molecule has 0 radical (unpaired) electrons. The van der Waals surface area contributed by atoms with Crippen molar-refractivity contribution in [3.05, 3.63) is 0 Å². The molecule has 2 heterocycles. The molecule has 4 nitrogen and oxygen atoms in total. The smallest absolute Gasteiger partial charge is 0.0982 e. The topological polar surface area (TPSA) is 63.9 Å². The summed E-state index contributed by atoms with van der Waals surface area (Å²) >= 11 is 0. The number of piperidine rings is 1. The van der Waals surface area contributed by atoms with Crippen LogP contribution in [0.3, 0.4) is 0 Å². The molecular weight excluding hydrogens is 218 g/mol. The van der Waals surface area contributed by atoms with Gasteiger partial charge < -0.3 is 15.3 Å². The lowest BCUT2D eigenvalue weighted by Crippen LogP contribution is -2.59. The molecule has 3 N–H and O–H groups in total. The average molecular weight is 243 g/mol. The Morgan fingerprint density at radius 2 is 1.88 bits per heavy atom. The standard InChI is InChI=1S/C13H25NO3/c1-8(2)3-4-9-7-14-6-5-10(15)11(14)13(17)12(9)16/h8-13,15-17H,3-7H2,1-2H3/t9-,10-,11+,12+,13+/m0/s1. The van der Waals surface area contributed by atoms with Crippen LogP contribution in [0, 0.1) is 11.8 Å². The molecular formula is C13H25NO3. The predicted octanol–water partition coefficient (Wildman–Crippen LogP) is 0.209. The lowest BCUT2D eigenvalue weighted by atomic mass is 9.83. The number of aliphatic hydroxyl groups excluding tert-OH is 3. The van der Waals surface area contributed by atoms with E-state index in [4.69, 9.17) is 0 Å². The van der Waals surface area contributed by atoms with E-state index in [1.807, 2.05) is 0 Å². The van der Waals surface area contributed by atoms with Crippen LogP contribution in [0.25, 0.3) is 0 Å². The van der Waals surface area contributed by atoms with Gasteiger partial charge in [-0.1, -0.05) is 20.3 Å². The molecule has 2 rings (SSSR count). The zero-order valence-electron chi connectivity index (χ0n) is 10.8. The lowest BCUT2D eigenvalue weighted by Gasteiger charge is -2.43. The zero-order chi connectivity index (χ0) is 12.6. The molecule has 4 heteroatoms. The minimum absolute atomic E-state index is 0.147. The number of rotatable bonds is 3. The van der Waals surface area contributed by atoms with Crippen molar-refractivity contribution < 1.29 is 15.3 Å². The highest BCUT2D eigenvalue weighted by atomic mass is 16.3. The molecule has 17 heavy (non-hydrogen) atoms. The van der Waals surface area contributed by atoms with Gasteiger partial charge in [-0.2, -0.15) is 0 Å². The second kappa shape index (κ2) is 5.22. The number of nitrogens with zero attached hydrogens (tertiary/aromatic N) is 1. The number of hydrogen-bond donors (Lipinski definition) is 3. The summed E-state index contributed by atoms with van der Waals surface area (Å²) in [6, 6.07) is -0.250. The summed E-state index contributed by atoms with van der Waals surface area (Å²) in [4.78, 5) is 2.15. The van der Waals surface area contributed by atoms with Crippen molar-refractivity contribution in [3.8, 4) is 0 Å². The molecule has 0 bridgehead atoms. The largest absolute Gasteiger partial charge is 0.391 e. The van der Waals surface area contributed by atoms with E-state index in [-0.39, 0.29) is 12.0 Å². The van der Waals surface area contributed by atoms with E-state index in [2.05, 4.69) is 18.7 Å². The molecule has 2 saturated heterocycles. The van der Waals surface area contributed by atoms with Crippen molar-refractivity contribution >= 4 is 0 Å². The second-order valence-corrected chi connectivity index (χ2v) is 6.05. The molecule has 0 aromatic rings. The summed E-state index contributed by atoms with van der Waals surface area (Å²) in [6.07, 6.45) is 0.794. The van der Waals surface area contributed by atoms with Crippen LogP contribution >= 0.6 is 0 Å². The molecule has 2 fully saturated rings. The SMILES string of the molecule is CC(C)CC[C@H]1CN2CC[C@H](O)[C@@H]2[C@@H](O)[C@@H]1O. The van der Waals surface area contributed by atoms with E-state index in [0.29, 0.717) is 12.3 Å². The number of aliphatic hydroxyl groups is 3. The highest BCUT2D eigenvalue weighted by Crippen LogP contribution is 2.33. The molecule has 5 atom stereocenters. The van der Waals surface area contributed by atoms with Gasteiger partial charge >= 0.3 is 0 Å². The van der Waals surface area contributed by atoms with Crippen molar-refractivity contribution in [1.29, 1.82) is 0 Å². The monoisotopic (exact) mass is 243 g/mol. The molecule has 2 aliphatic heterocycles. The van der Waals surface area contributed by atoms with Crippen molar-refractivity contribution in [2.24, 2.45) is 11.8 Å². The van der Waals surface area contributed by atoms with E-state index in [1.54, 1.807) is 0 Å². The quantitative estimate of drug-likeness (QED) is 0.663. The molecule has 0 aliphatic carbocycles. The molecule has 0 saturated carbocycles. The molecule has 0 aromatic carbocycles. The molecule has 0 unspecified atom stereocenters. The first-order valence-corrected chi connectivity index (χ1v) is 6.79. The van der Waals surface area contributed by atoms with Crippen molar-refractivity contribution in [3.63, 3.8) is 0 Å². The third-order valence-electron chi connectivity index (χ3n) is 4.29. The van der Waals surface area contributed by atoms with Crippen LogP contribution < -0.4 is 0 Å². The Hall–Kier alpha value is -0.160. The summed E-state index contributed by atoms with van der Waals surface area (Å²) in [5.74, 6) is 0.773. The second-order valence-electron chi connectivity index (χ2n) is 6.05. The average Bonchev–Trinajstić information content (AvgIpc) is 2.63. The van der Waals surface area contributed by atoms with Gasteiger partial charge in [0.25, 0.3) is 0 Å². The van der Waals surface area contributed by atoms with Crippen LogP contribution in [0.2, 0.25) is 0 Å². The van der Waals surface area contributed by atoms with Crippen LogP contribution in [-0.4, -0.2) is 57.7 Å². The van der Waals surface area contributed by atoms with Gasteiger partial charge in [0.1, 0.15) is 0 Å². The summed E-state index contributed by atoms with van der Waals surface area (Å²) in [7, 11) is 0. The van der Waals surface area contributed by atoms with E-state index in [0.717, 1.165) is 25.9 Å². The van der Waals surface area contributed by atoms with Crippen LogP contribution in [-0.2, 0) is 0 Å². The zero-order valence-corrected chi connectivity index (χ0v) is 10.8. The Morgan fingerprint density at radius 1 is 1.18 bits per heavy atom.